The van der Waals surface area contributed by atoms with Gasteiger partial charge in [0.25, 0.3) is 0 Å². The van der Waals surface area contributed by atoms with Crippen LogP contribution in [0.3, 0.4) is 0 Å². The predicted molar refractivity (Wildman–Crippen MR) is 146 cm³/mol. The van der Waals surface area contributed by atoms with Crippen molar-refractivity contribution in [3.05, 3.63) is 107 Å². The van der Waals surface area contributed by atoms with E-state index in [-0.39, 0.29) is 12.1 Å². The molecule has 5 rings (SSSR count). The normalized spacial score (nSPS) is 17.5. The maximum absolute atomic E-state index is 5.93. The summed E-state index contributed by atoms with van der Waals surface area (Å²) in [5, 5.41) is 4.30. The Hall–Kier alpha value is -3.64. The summed E-state index contributed by atoms with van der Waals surface area (Å²) in [6, 6.07) is 23.0. The molecule has 0 amide bonds. The molecular weight excluding hydrogens is 452 g/mol. The Bertz CT molecular complexity index is 1360. The second-order valence-corrected chi connectivity index (χ2v) is 9.59. The first-order valence-electron chi connectivity index (χ1n) is 11.8. The lowest BCUT2D eigenvalue weighted by atomic mass is 9.96. The Morgan fingerprint density at radius 3 is 2.23 bits per heavy atom. The number of hydrogen-bond acceptors (Lipinski definition) is 3. The summed E-state index contributed by atoms with van der Waals surface area (Å²) < 4.78 is 7.66. The SMILES string of the molecule is COc1ccc(-n2c(C)cc([C@@H]3[C@@H](c4ccccn4)NC(=S)N3c3cc(C)cc(C)c3)c2C)cc1. The number of aromatic nitrogens is 2. The molecule has 35 heavy (non-hydrogen) atoms. The molecule has 178 valence electrons. The fourth-order valence-electron chi connectivity index (χ4n) is 5.25. The molecule has 2 aromatic heterocycles. The second-order valence-electron chi connectivity index (χ2n) is 9.20. The first kappa shape index (κ1) is 23.1. The van der Waals surface area contributed by atoms with Crippen molar-refractivity contribution in [3.63, 3.8) is 0 Å². The smallest absolute Gasteiger partial charge is 0.174 e. The van der Waals surface area contributed by atoms with Crippen LogP contribution in [-0.2, 0) is 0 Å². The van der Waals surface area contributed by atoms with Crippen molar-refractivity contribution in [2.24, 2.45) is 0 Å². The van der Waals surface area contributed by atoms with E-state index in [0.717, 1.165) is 22.8 Å². The first-order chi connectivity index (χ1) is 16.9. The molecule has 0 unspecified atom stereocenters. The predicted octanol–water partition coefficient (Wildman–Crippen LogP) is 6.29. The zero-order chi connectivity index (χ0) is 24.7. The minimum absolute atomic E-state index is 0.0446. The first-order valence-corrected chi connectivity index (χ1v) is 12.2. The van der Waals surface area contributed by atoms with Crippen LogP contribution in [0.2, 0.25) is 0 Å². The lowest BCUT2D eigenvalue weighted by Gasteiger charge is -2.29. The third-order valence-corrected chi connectivity index (χ3v) is 7.02. The summed E-state index contributed by atoms with van der Waals surface area (Å²) in [6.07, 6.45) is 1.84. The van der Waals surface area contributed by atoms with E-state index in [1.54, 1.807) is 7.11 Å². The molecule has 4 aromatic rings. The standard InChI is InChI=1S/C29H30N4OS/c1-18-14-19(2)16-23(15-18)33-28(27(31-29(33)35)26-8-6-7-13-30-26)25-17-20(3)32(21(25)4)22-9-11-24(34-5)12-10-22/h6-17,27-28H,1-5H3,(H,31,35)/t27-,28-/m1/s1. The van der Waals surface area contributed by atoms with Crippen LogP contribution in [0.4, 0.5) is 5.69 Å². The van der Waals surface area contributed by atoms with Crippen LogP contribution in [0.5, 0.6) is 5.75 Å². The number of ether oxygens (including phenoxy) is 1. The topological polar surface area (TPSA) is 42.3 Å². The molecule has 0 bridgehead atoms. The fraction of sp³-hybridized carbons (Fsp3) is 0.241. The lowest BCUT2D eigenvalue weighted by Crippen LogP contribution is -2.29. The summed E-state index contributed by atoms with van der Waals surface area (Å²) in [6.45, 7) is 8.59. The number of pyridine rings is 1. The van der Waals surface area contributed by atoms with Crippen molar-refractivity contribution in [1.82, 2.24) is 14.9 Å². The molecule has 0 radical (unpaired) electrons. The highest BCUT2D eigenvalue weighted by molar-refractivity contribution is 7.80. The fourth-order valence-corrected chi connectivity index (χ4v) is 5.60. The molecule has 5 nitrogen and oxygen atoms in total. The van der Waals surface area contributed by atoms with Crippen molar-refractivity contribution in [1.29, 1.82) is 0 Å². The molecule has 3 heterocycles. The monoisotopic (exact) mass is 482 g/mol. The third-order valence-electron chi connectivity index (χ3n) is 6.70. The van der Waals surface area contributed by atoms with Gasteiger partial charge in [0.15, 0.2) is 5.11 Å². The zero-order valence-electron chi connectivity index (χ0n) is 20.7. The van der Waals surface area contributed by atoms with Gasteiger partial charge < -0.3 is 19.5 Å². The molecule has 1 saturated heterocycles. The summed E-state index contributed by atoms with van der Waals surface area (Å²) in [4.78, 5) is 6.96. The second kappa shape index (κ2) is 9.19. The van der Waals surface area contributed by atoms with Crippen molar-refractivity contribution in [3.8, 4) is 11.4 Å². The van der Waals surface area contributed by atoms with Crippen LogP contribution in [0.15, 0.2) is 72.9 Å². The molecule has 2 aromatic carbocycles. The maximum Gasteiger partial charge on any atom is 0.174 e. The average Bonchev–Trinajstić information content (AvgIpc) is 3.34. The van der Waals surface area contributed by atoms with Gasteiger partial charge in [-0.05, 0) is 111 Å². The van der Waals surface area contributed by atoms with Crippen LogP contribution < -0.4 is 15.0 Å². The summed E-state index contributed by atoms with van der Waals surface area (Å²) >= 11 is 5.93. The summed E-state index contributed by atoms with van der Waals surface area (Å²) in [5.41, 5.74) is 9.17. The highest BCUT2D eigenvalue weighted by Gasteiger charge is 2.42. The molecule has 1 fully saturated rings. The van der Waals surface area contributed by atoms with E-state index in [4.69, 9.17) is 21.9 Å². The van der Waals surface area contributed by atoms with Gasteiger partial charge in [-0.1, -0.05) is 12.1 Å². The minimum atomic E-state index is -0.0747. The summed E-state index contributed by atoms with van der Waals surface area (Å²) in [5.74, 6) is 0.845. The molecule has 1 aliphatic heterocycles. The average molecular weight is 483 g/mol. The minimum Gasteiger partial charge on any atom is -0.497 e. The number of aryl methyl sites for hydroxylation is 3. The number of anilines is 1. The van der Waals surface area contributed by atoms with Gasteiger partial charge >= 0.3 is 0 Å². The molecule has 0 saturated carbocycles. The quantitative estimate of drug-likeness (QED) is 0.339. The van der Waals surface area contributed by atoms with Crippen LogP contribution in [0, 0.1) is 27.7 Å². The van der Waals surface area contributed by atoms with Gasteiger partial charge in [-0.3, -0.25) is 4.98 Å². The number of benzene rings is 2. The van der Waals surface area contributed by atoms with E-state index in [2.05, 4.69) is 84.9 Å². The van der Waals surface area contributed by atoms with E-state index < -0.39 is 0 Å². The van der Waals surface area contributed by atoms with Crippen LogP contribution in [-0.4, -0.2) is 21.8 Å². The summed E-state index contributed by atoms with van der Waals surface area (Å²) in [7, 11) is 1.69. The van der Waals surface area contributed by atoms with Crippen molar-refractivity contribution in [2.75, 3.05) is 12.0 Å². The van der Waals surface area contributed by atoms with Gasteiger partial charge in [0.05, 0.1) is 24.9 Å². The largest absolute Gasteiger partial charge is 0.497 e. The van der Waals surface area contributed by atoms with Crippen molar-refractivity contribution >= 4 is 23.0 Å². The highest BCUT2D eigenvalue weighted by Crippen LogP contribution is 2.44. The Morgan fingerprint density at radius 2 is 1.60 bits per heavy atom. The lowest BCUT2D eigenvalue weighted by molar-refractivity contribution is 0.414. The van der Waals surface area contributed by atoms with Gasteiger partial charge in [-0.2, -0.15) is 0 Å². The van der Waals surface area contributed by atoms with Crippen molar-refractivity contribution < 1.29 is 4.74 Å². The number of nitrogens with zero attached hydrogens (tertiary/aromatic N) is 3. The van der Waals surface area contributed by atoms with E-state index in [9.17, 15) is 0 Å². The number of thiocarbonyl (C=S) groups is 1. The molecular formula is C29H30N4OS. The number of rotatable bonds is 5. The van der Waals surface area contributed by atoms with E-state index >= 15 is 0 Å². The molecule has 1 aliphatic rings. The number of nitrogens with one attached hydrogen (secondary N) is 1. The Labute approximate surface area is 212 Å². The Kier molecular flexibility index (Phi) is 6.07. The maximum atomic E-state index is 5.93. The van der Waals surface area contributed by atoms with E-state index in [1.807, 2.05) is 30.5 Å². The number of hydrogen-bond donors (Lipinski definition) is 1. The van der Waals surface area contributed by atoms with Gasteiger partial charge in [0.2, 0.25) is 0 Å². The molecule has 1 N–H and O–H groups in total. The third kappa shape index (κ3) is 4.19. The van der Waals surface area contributed by atoms with Crippen LogP contribution in [0.1, 0.15) is 45.9 Å². The Morgan fingerprint density at radius 1 is 0.886 bits per heavy atom. The molecule has 0 spiro atoms. The number of methoxy groups -OCH3 is 1. The van der Waals surface area contributed by atoms with Gasteiger partial charge in [0, 0.05) is 29.0 Å². The van der Waals surface area contributed by atoms with Gasteiger partial charge in [-0.25, -0.2) is 0 Å². The van der Waals surface area contributed by atoms with Crippen molar-refractivity contribution in [2.45, 2.75) is 39.8 Å². The van der Waals surface area contributed by atoms with Gasteiger partial charge in [0.1, 0.15) is 5.75 Å². The molecule has 2 atom stereocenters. The zero-order valence-corrected chi connectivity index (χ0v) is 21.6. The Balaban J connectivity index is 1.67. The van der Waals surface area contributed by atoms with E-state index in [1.165, 1.54) is 28.1 Å². The van der Waals surface area contributed by atoms with Gasteiger partial charge in [-0.15, -0.1) is 0 Å². The van der Waals surface area contributed by atoms with Crippen LogP contribution >= 0.6 is 12.2 Å². The van der Waals surface area contributed by atoms with E-state index in [0.29, 0.717) is 5.11 Å². The highest BCUT2D eigenvalue weighted by atomic mass is 32.1. The van der Waals surface area contributed by atoms with Crippen LogP contribution in [0.25, 0.3) is 5.69 Å². The molecule has 6 heteroatoms. The molecule has 0 aliphatic carbocycles.